The molecule has 0 atom stereocenters. The van der Waals surface area contributed by atoms with Crippen molar-refractivity contribution in [3.63, 3.8) is 0 Å². The fourth-order valence-corrected chi connectivity index (χ4v) is 10.9. The number of anilines is 9. The first-order valence-electron chi connectivity index (χ1n) is 25.3. The molecule has 2 heterocycles. The van der Waals surface area contributed by atoms with Crippen molar-refractivity contribution in [2.45, 2.75) is 105 Å². The van der Waals surface area contributed by atoms with E-state index in [2.05, 4.69) is 280 Å². The van der Waals surface area contributed by atoms with E-state index >= 15 is 0 Å². The summed E-state index contributed by atoms with van der Waals surface area (Å²) in [6, 6.07) is 69.7. The topological polar surface area (TPSA) is 9.72 Å². The SMILES string of the molecule is CC(C)(C)c1cccc(N2c3cc(C(C)(C)C)ccc3B3c4ccc(C(C)(C)C)cc4N(c4cccc(C(C)(C)C)c4)c4cc(N(c5ccc6ccccc6c5)c5ccc6ccccc6c5)cc2c43)c1. The average Bonchev–Trinajstić information content (AvgIpc) is 3.32. The lowest BCUT2D eigenvalue weighted by Gasteiger charge is -2.46. The molecule has 0 N–H and O–H groups in total. The van der Waals surface area contributed by atoms with Crippen molar-refractivity contribution in [3.8, 4) is 0 Å². The van der Waals surface area contributed by atoms with Crippen LogP contribution in [0.25, 0.3) is 21.5 Å². The lowest BCUT2D eigenvalue weighted by atomic mass is 9.33. The normalized spacial score (nSPS) is 13.6. The molecular weight excluding hydrogens is 846 g/mol. The Labute approximate surface area is 417 Å². The van der Waals surface area contributed by atoms with Gasteiger partial charge in [-0.2, -0.15) is 0 Å². The Morgan fingerprint density at radius 3 is 1.10 bits per heavy atom. The summed E-state index contributed by atoms with van der Waals surface area (Å²) >= 11 is 0. The van der Waals surface area contributed by atoms with Crippen LogP contribution in [0.1, 0.15) is 105 Å². The maximum absolute atomic E-state index is 2.61. The summed E-state index contributed by atoms with van der Waals surface area (Å²) in [5.41, 5.74) is 19.5. The van der Waals surface area contributed by atoms with Crippen LogP contribution in [0.2, 0.25) is 0 Å². The molecule has 70 heavy (non-hydrogen) atoms. The fraction of sp³-hybridized carbons (Fsp3) is 0.242. The van der Waals surface area contributed by atoms with Gasteiger partial charge in [-0.1, -0.05) is 192 Å². The third-order valence-electron chi connectivity index (χ3n) is 15.0. The Balaban J connectivity index is 1.30. The minimum absolute atomic E-state index is 0.0222. The minimum Gasteiger partial charge on any atom is -0.311 e. The van der Waals surface area contributed by atoms with Gasteiger partial charge in [0, 0.05) is 45.5 Å². The van der Waals surface area contributed by atoms with Crippen LogP contribution < -0.4 is 31.1 Å². The number of hydrogen-bond acceptors (Lipinski definition) is 3. The van der Waals surface area contributed by atoms with E-state index in [4.69, 9.17) is 0 Å². The summed E-state index contributed by atoms with van der Waals surface area (Å²) in [6.07, 6.45) is 0. The van der Waals surface area contributed by atoms with Gasteiger partial charge >= 0.3 is 0 Å². The molecule has 0 saturated carbocycles. The van der Waals surface area contributed by atoms with Crippen molar-refractivity contribution in [1.82, 2.24) is 0 Å². The molecule has 11 rings (SSSR count). The molecule has 3 nitrogen and oxygen atoms in total. The second kappa shape index (κ2) is 16.3. The maximum Gasteiger partial charge on any atom is 0.252 e. The van der Waals surface area contributed by atoms with Gasteiger partial charge in [0.1, 0.15) is 0 Å². The molecule has 0 amide bonds. The molecule has 4 heteroatoms. The van der Waals surface area contributed by atoms with Gasteiger partial charge in [-0.05, 0) is 155 Å². The highest BCUT2D eigenvalue weighted by Crippen LogP contribution is 2.50. The van der Waals surface area contributed by atoms with E-state index in [1.54, 1.807) is 0 Å². The van der Waals surface area contributed by atoms with E-state index in [1.165, 1.54) is 82.9 Å². The van der Waals surface area contributed by atoms with Crippen LogP contribution in [0.15, 0.2) is 182 Å². The van der Waals surface area contributed by atoms with E-state index in [0.717, 1.165) is 28.4 Å². The standard InChI is InChI=1S/C66H66BN3/c1-63(2,3)47-23-17-25-51(37-47)69-58-39-49(65(7,8)9)29-33-56(58)67-57-34-30-50(66(10,11)12)40-59(57)70(52-26-18-24-48(38-52)64(4,5)6)61-42-55(41-60(69)62(61)67)68(53-31-27-43-19-13-15-21-45(43)35-53)54-32-28-44-20-14-16-22-46(44)36-54/h13-42H,1-12H3. The first-order valence-corrected chi connectivity index (χ1v) is 25.3. The number of rotatable bonds is 5. The molecule has 2 aliphatic heterocycles. The molecule has 9 aromatic rings. The highest BCUT2D eigenvalue weighted by atomic mass is 15.2. The Bertz CT molecular complexity index is 3290. The number of fused-ring (bicyclic) bond motifs is 6. The Hall–Kier alpha value is -7.04. The first kappa shape index (κ1) is 45.4. The van der Waals surface area contributed by atoms with Gasteiger partial charge in [0.05, 0.1) is 5.69 Å². The molecule has 0 saturated heterocycles. The van der Waals surface area contributed by atoms with E-state index in [-0.39, 0.29) is 28.4 Å². The summed E-state index contributed by atoms with van der Waals surface area (Å²) in [5.74, 6) is 0. The average molecular weight is 912 g/mol. The molecular formula is C66H66BN3. The summed E-state index contributed by atoms with van der Waals surface area (Å²) in [7, 11) is 0. The molecule has 0 radical (unpaired) electrons. The lowest BCUT2D eigenvalue weighted by Crippen LogP contribution is -2.61. The third kappa shape index (κ3) is 7.86. The number of benzene rings is 9. The second-order valence-corrected chi connectivity index (χ2v) is 24.0. The monoisotopic (exact) mass is 912 g/mol. The molecule has 0 fully saturated rings. The van der Waals surface area contributed by atoms with Crippen LogP contribution in [0, 0.1) is 0 Å². The molecule has 0 aliphatic carbocycles. The van der Waals surface area contributed by atoms with Gasteiger partial charge in [-0.15, -0.1) is 0 Å². The highest BCUT2D eigenvalue weighted by molar-refractivity contribution is 7.00. The third-order valence-corrected chi connectivity index (χ3v) is 15.0. The predicted molar refractivity (Wildman–Crippen MR) is 305 cm³/mol. The van der Waals surface area contributed by atoms with Crippen LogP contribution in [-0.2, 0) is 21.7 Å². The molecule has 348 valence electrons. The van der Waals surface area contributed by atoms with E-state index in [9.17, 15) is 0 Å². The molecule has 2 aliphatic rings. The molecule has 0 aromatic heterocycles. The van der Waals surface area contributed by atoms with Crippen molar-refractivity contribution >= 4 is 95.8 Å². The van der Waals surface area contributed by atoms with Gasteiger partial charge in [-0.25, -0.2) is 0 Å². The zero-order valence-electron chi connectivity index (χ0n) is 43.2. The fourth-order valence-electron chi connectivity index (χ4n) is 10.9. The summed E-state index contributed by atoms with van der Waals surface area (Å²) in [4.78, 5) is 7.71. The number of nitrogens with zero attached hydrogens (tertiary/aromatic N) is 3. The quantitative estimate of drug-likeness (QED) is 0.159. The van der Waals surface area contributed by atoms with Crippen molar-refractivity contribution in [2.24, 2.45) is 0 Å². The van der Waals surface area contributed by atoms with Gasteiger partial charge in [0.2, 0.25) is 0 Å². The van der Waals surface area contributed by atoms with Crippen LogP contribution in [0.5, 0.6) is 0 Å². The summed E-state index contributed by atoms with van der Waals surface area (Å²) in [5, 5.41) is 4.86. The predicted octanol–water partition coefficient (Wildman–Crippen LogP) is 16.7. The van der Waals surface area contributed by atoms with Gasteiger partial charge < -0.3 is 14.7 Å². The first-order chi connectivity index (χ1) is 33.2. The maximum atomic E-state index is 2.61. The van der Waals surface area contributed by atoms with Gasteiger partial charge in [0.25, 0.3) is 6.71 Å². The highest BCUT2D eigenvalue weighted by Gasteiger charge is 2.45. The summed E-state index contributed by atoms with van der Waals surface area (Å²) in [6.45, 7) is 27.9. The molecule has 9 aromatic carbocycles. The second-order valence-electron chi connectivity index (χ2n) is 24.0. The number of hydrogen-bond donors (Lipinski definition) is 0. The van der Waals surface area contributed by atoms with Crippen LogP contribution >= 0.6 is 0 Å². The summed E-state index contributed by atoms with van der Waals surface area (Å²) < 4.78 is 0. The van der Waals surface area contributed by atoms with Crippen molar-refractivity contribution in [1.29, 1.82) is 0 Å². The van der Waals surface area contributed by atoms with Crippen LogP contribution in [0.3, 0.4) is 0 Å². The Morgan fingerprint density at radius 1 is 0.314 bits per heavy atom. The van der Waals surface area contributed by atoms with Crippen LogP contribution in [0.4, 0.5) is 51.2 Å². The zero-order chi connectivity index (χ0) is 49.1. The van der Waals surface area contributed by atoms with Crippen LogP contribution in [-0.4, -0.2) is 6.71 Å². The van der Waals surface area contributed by atoms with Gasteiger partial charge in [0.15, 0.2) is 0 Å². The van der Waals surface area contributed by atoms with E-state index in [1.807, 2.05) is 0 Å². The molecule has 0 bridgehead atoms. The van der Waals surface area contributed by atoms with Crippen molar-refractivity contribution in [2.75, 3.05) is 14.7 Å². The van der Waals surface area contributed by atoms with E-state index in [0.29, 0.717) is 0 Å². The van der Waals surface area contributed by atoms with E-state index < -0.39 is 0 Å². The van der Waals surface area contributed by atoms with Crippen molar-refractivity contribution < 1.29 is 0 Å². The minimum atomic E-state index is -0.0643. The van der Waals surface area contributed by atoms with Crippen molar-refractivity contribution in [3.05, 3.63) is 204 Å². The largest absolute Gasteiger partial charge is 0.311 e. The molecule has 0 unspecified atom stereocenters. The Morgan fingerprint density at radius 2 is 0.700 bits per heavy atom. The zero-order valence-corrected chi connectivity index (χ0v) is 43.2. The van der Waals surface area contributed by atoms with Gasteiger partial charge in [-0.3, -0.25) is 0 Å². The lowest BCUT2D eigenvalue weighted by molar-refractivity contribution is 0.589. The Kier molecular flexibility index (Phi) is 10.6. The molecule has 0 spiro atoms. The smallest absolute Gasteiger partial charge is 0.252 e.